The Bertz CT molecular complexity index is 1130. The van der Waals surface area contributed by atoms with Crippen LogP contribution in [-0.2, 0) is 0 Å². The minimum Gasteiger partial charge on any atom is -0.321 e. The Kier molecular flexibility index (Phi) is 4.38. The van der Waals surface area contributed by atoms with Gasteiger partial charge in [-0.1, -0.05) is 40.2 Å². The molecule has 0 unspecified atom stereocenters. The third-order valence-corrected chi connectivity index (χ3v) is 5.80. The van der Waals surface area contributed by atoms with Crippen molar-refractivity contribution in [2.24, 2.45) is 0 Å². The van der Waals surface area contributed by atoms with Crippen molar-refractivity contribution in [2.45, 2.75) is 13.8 Å². The molecular weight excluding hydrogens is 410 g/mol. The van der Waals surface area contributed by atoms with Crippen LogP contribution < -0.4 is 5.32 Å². The maximum Gasteiger partial charge on any atom is 0.265 e. The summed E-state index contributed by atoms with van der Waals surface area (Å²) in [6, 6.07) is 17.6. The number of aromatic nitrogens is 2. The molecule has 0 radical (unpaired) electrons. The number of carbonyl (C=O) groups is 1. The lowest BCUT2D eigenvalue weighted by Crippen LogP contribution is -2.10. The Morgan fingerprint density at radius 2 is 1.92 bits per heavy atom. The Morgan fingerprint density at radius 1 is 1.12 bits per heavy atom. The van der Waals surface area contributed by atoms with E-state index in [4.69, 9.17) is 0 Å². The van der Waals surface area contributed by atoms with Gasteiger partial charge in [0.1, 0.15) is 4.83 Å². The SMILES string of the molecule is Cc1ccccc1-n1nc(C)c2cc(C(=O)Nc3cccc(Br)c3)sc21. The van der Waals surface area contributed by atoms with Crippen molar-refractivity contribution in [2.75, 3.05) is 5.32 Å². The van der Waals surface area contributed by atoms with Crippen molar-refractivity contribution >= 4 is 49.1 Å². The van der Waals surface area contributed by atoms with Crippen LogP contribution in [0.15, 0.2) is 59.1 Å². The van der Waals surface area contributed by atoms with E-state index in [1.165, 1.54) is 11.3 Å². The van der Waals surface area contributed by atoms with E-state index < -0.39 is 0 Å². The number of nitrogens with one attached hydrogen (secondary N) is 1. The van der Waals surface area contributed by atoms with Crippen molar-refractivity contribution in [3.63, 3.8) is 0 Å². The van der Waals surface area contributed by atoms with E-state index in [2.05, 4.69) is 39.3 Å². The quantitative estimate of drug-likeness (QED) is 0.456. The van der Waals surface area contributed by atoms with E-state index in [9.17, 15) is 4.79 Å². The van der Waals surface area contributed by atoms with Crippen LogP contribution in [0.1, 0.15) is 20.9 Å². The van der Waals surface area contributed by atoms with Crippen LogP contribution in [0.2, 0.25) is 0 Å². The maximum atomic E-state index is 12.7. The molecule has 2 aromatic carbocycles. The second kappa shape index (κ2) is 6.70. The molecule has 0 aliphatic heterocycles. The van der Waals surface area contributed by atoms with Gasteiger partial charge in [-0.05, 0) is 49.7 Å². The summed E-state index contributed by atoms with van der Waals surface area (Å²) in [6.45, 7) is 4.03. The molecule has 4 aromatic rings. The molecule has 0 spiro atoms. The van der Waals surface area contributed by atoms with Gasteiger partial charge in [0.15, 0.2) is 0 Å². The average Bonchev–Trinajstić information content (AvgIpc) is 3.17. The van der Waals surface area contributed by atoms with Gasteiger partial charge in [-0.2, -0.15) is 5.10 Å². The number of fused-ring (bicyclic) bond motifs is 1. The van der Waals surface area contributed by atoms with Crippen LogP contribution in [0.4, 0.5) is 5.69 Å². The van der Waals surface area contributed by atoms with Gasteiger partial charge in [0.05, 0.1) is 16.3 Å². The second-order valence-electron chi connectivity index (χ2n) is 6.08. The van der Waals surface area contributed by atoms with Crippen molar-refractivity contribution < 1.29 is 4.79 Å². The number of para-hydroxylation sites is 1. The molecule has 26 heavy (non-hydrogen) atoms. The highest BCUT2D eigenvalue weighted by atomic mass is 79.9. The molecule has 4 nitrogen and oxygen atoms in total. The minimum atomic E-state index is -0.111. The zero-order valence-corrected chi connectivity index (χ0v) is 16.7. The standard InChI is InChI=1S/C20H16BrN3OS/c1-12-6-3-4-9-17(12)24-20-16(13(2)23-24)11-18(26-20)19(25)22-15-8-5-7-14(21)10-15/h3-11H,1-2H3,(H,22,25). The highest BCUT2D eigenvalue weighted by molar-refractivity contribution is 9.10. The molecule has 1 amide bonds. The number of rotatable bonds is 3. The number of halogens is 1. The lowest BCUT2D eigenvalue weighted by Gasteiger charge is -2.06. The zero-order chi connectivity index (χ0) is 18.3. The van der Waals surface area contributed by atoms with Crippen LogP contribution in [0.3, 0.4) is 0 Å². The Morgan fingerprint density at radius 3 is 2.69 bits per heavy atom. The molecule has 0 aliphatic rings. The number of benzene rings is 2. The summed E-state index contributed by atoms with van der Waals surface area (Å²) < 4.78 is 2.86. The van der Waals surface area contributed by atoms with Gasteiger partial charge in [-0.15, -0.1) is 11.3 Å². The number of hydrogen-bond acceptors (Lipinski definition) is 3. The number of anilines is 1. The summed E-state index contributed by atoms with van der Waals surface area (Å²) in [7, 11) is 0. The molecule has 130 valence electrons. The first-order valence-electron chi connectivity index (χ1n) is 8.15. The number of nitrogens with zero attached hydrogens (tertiary/aromatic N) is 2. The molecule has 4 rings (SSSR count). The first-order chi connectivity index (χ1) is 12.5. The largest absolute Gasteiger partial charge is 0.321 e. The van der Waals surface area contributed by atoms with Crippen LogP contribution in [-0.4, -0.2) is 15.7 Å². The molecule has 0 saturated carbocycles. The lowest BCUT2D eigenvalue weighted by atomic mass is 10.2. The van der Waals surface area contributed by atoms with Crippen molar-refractivity contribution in [1.82, 2.24) is 9.78 Å². The molecule has 0 atom stereocenters. The average molecular weight is 426 g/mol. The summed E-state index contributed by atoms with van der Waals surface area (Å²) in [5.74, 6) is -0.111. The summed E-state index contributed by atoms with van der Waals surface area (Å²) in [5, 5.41) is 8.63. The summed E-state index contributed by atoms with van der Waals surface area (Å²) in [5.41, 5.74) is 3.86. The topological polar surface area (TPSA) is 46.9 Å². The van der Waals surface area contributed by atoms with Crippen molar-refractivity contribution in [3.8, 4) is 5.69 Å². The van der Waals surface area contributed by atoms with E-state index in [0.717, 1.165) is 37.3 Å². The molecule has 2 heterocycles. The Hall–Kier alpha value is -2.44. The molecule has 2 aromatic heterocycles. The summed E-state index contributed by atoms with van der Waals surface area (Å²) in [4.78, 5) is 14.3. The van der Waals surface area contributed by atoms with Crippen molar-refractivity contribution in [3.05, 3.63) is 75.2 Å². The summed E-state index contributed by atoms with van der Waals surface area (Å²) >= 11 is 4.88. The zero-order valence-electron chi connectivity index (χ0n) is 14.3. The first-order valence-corrected chi connectivity index (χ1v) is 9.76. The fraction of sp³-hybridized carbons (Fsp3) is 0.100. The summed E-state index contributed by atoms with van der Waals surface area (Å²) in [6.07, 6.45) is 0. The van der Waals surface area contributed by atoms with Crippen LogP contribution >= 0.6 is 27.3 Å². The normalized spacial score (nSPS) is 11.0. The minimum absolute atomic E-state index is 0.111. The number of thiophene rings is 1. The third-order valence-electron chi connectivity index (χ3n) is 4.19. The molecule has 6 heteroatoms. The van der Waals surface area contributed by atoms with Gasteiger partial charge in [0.2, 0.25) is 0 Å². The molecule has 0 aliphatic carbocycles. The maximum absolute atomic E-state index is 12.7. The van der Waals surface area contributed by atoms with Crippen molar-refractivity contribution in [1.29, 1.82) is 0 Å². The fourth-order valence-corrected chi connectivity index (χ4v) is 4.35. The Balaban J connectivity index is 1.73. The van der Waals surface area contributed by atoms with E-state index >= 15 is 0 Å². The van der Waals surface area contributed by atoms with Gasteiger partial charge < -0.3 is 5.32 Å². The highest BCUT2D eigenvalue weighted by Gasteiger charge is 2.18. The van der Waals surface area contributed by atoms with Gasteiger partial charge in [-0.25, -0.2) is 4.68 Å². The number of aryl methyl sites for hydroxylation is 2. The third kappa shape index (κ3) is 3.06. The number of amides is 1. The van der Waals surface area contributed by atoms with Gasteiger partial charge in [-0.3, -0.25) is 4.79 Å². The van der Waals surface area contributed by atoms with Gasteiger partial charge in [0, 0.05) is 15.5 Å². The van der Waals surface area contributed by atoms with Crippen LogP contribution in [0.25, 0.3) is 15.9 Å². The fourth-order valence-electron chi connectivity index (χ4n) is 2.88. The molecule has 0 fully saturated rings. The lowest BCUT2D eigenvalue weighted by molar-refractivity contribution is 0.103. The monoisotopic (exact) mass is 425 g/mol. The van der Waals surface area contributed by atoms with Gasteiger partial charge in [0.25, 0.3) is 5.91 Å². The van der Waals surface area contributed by atoms with Crippen LogP contribution in [0, 0.1) is 13.8 Å². The number of hydrogen-bond donors (Lipinski definition) is 1. The highest BCUT2D eigenvalue weighted by Crippen LogP contribution is 2.31. The predicted octanol–water partition coefficient (Wildman–Crippen LogP) is 5.72. The molecule has 0 bridgehead atoms. The molecule has 0 saturated heterocycles. The molecular formula is C20H16BrN3OS. The van der Waals surface area contributed by atoms with E-state index in [0.29, 0.717) is 4.88 Å². The van der Waals surface area contributed by atoms with Crippen LogP contribution in [0.5, 0.6) is 0 Å². The smallest absolute Gasteiger partial charge is 0.265 e. The first kappa shape index (κ1) is 17.0. The van der Waals surface area contributed by atoms with E-state index in [-0.39, 0.29) is 5.91 Å². The number of carbonyl (C=O) groups excluding carboxylic acids is 1. The Labute approximate surface area is 163 Å². The van der Waals surface area contributed by atoms with Gasteiger partial charge >= 0.3 is 0 Å². The second-order valence-corrected chi connectivity index (χ2v) is 8.02. The molecule has 1 N–H and O–H groups in total. The van der Waals surface area contributed by atoms with E-state index in [1.807, 2.05) is 60.1 Å². The predicted molar refractivity (Wildman–Crippen MR) is 111 cm³/mol. The van der Waals surface area contributed by atoms with E-state index in [1.54, 1.807) is 0 Å².